The lowest BCUT2D eigenvalue weighted by Crippen LogP contribution is -2.39. The van der Waals surface area contributed by atoms with Crippen molar-refractivity contribution in [3.8, 4) is 0 Å². The second-order valence-corrected chi connectivity index (χ2v) is 5.96. The summed E-state index contributed by atoms with van der Waals surface area (Å²) in [7, 11) is 1.98. The topological polar surface area (TPSA) is 36.4 Å². The number of hydrogen-bond acceptors (Lipinski definition) is 3. The van der Waals surface area contributed by atoms with Crippen molar-refractivity contribution >= 4 is 21.7 Å². The number of hydrogen-bond donors (Lipinski definition) is 1. The summed E-state index contributed by atoms with van der Waals surface area (Å²) in [6, 6.07) is 2.05. The molecular formula is C13H19BrN2O. The van der Waals surface area contributed by atoms with Gasteiger partial charge in [0.05, 0.1) is 10.1 Å². The van der Waals surface area contributed by atoms with E-state index in [1.54, 1.807) is 0 Å². The van der Waals surface area contributed by atoms with Crippen molar-refractivity contribution in [2.24, 2.45) is 0 Å². The van der Waals surface area contributed by atoms with Crippen LogP contribution in [0.3, 0.4) is 0 Å². The minimum atomic E-state index is -0.527. The number of anilines is 1. The van der Waals surface area contributed by atoms with Gasteiger partial charge in [-0.05, 0) is 47.3 Å². The molecule has 1 saturated carbocycles. The molecule has 1 N–H and O–H groups in total. The van der Waals surface area contributed by atoms with Crippen molar-refractivity contribution in [2.75, 3.05) is 18.5 Å². The largest absolute Gasteiger partial charge is 0.388 e. The summed E-state index contributed by atoms with van der Waals surface area (Å²) >= 11 is 3.53. The Morgan fingerprint density at radius 2 is 2.12 bits per heavy atom. The van der Waals surface area contributed by atoms with E-state index in [1.165, 1.54) is 0 Å². The van der Waals surface area contributed by atoms with Crippen LogP contribution in [0.1, 0.15) is 31.2 Å². The van der Waals surface area contributed by atoms with Gasteiger partial charge in [0.1, 0.15) is 5.82 Å². The van der Waals surface area contributed by atoms with E-state index < -0.39 is 5.60 Å². The zero-order valence-electron chi connectivity index (χ0n) is 10.4. The molecule has 0 radical (unpaired) electrons. The SMILES string of the molecule is Cc1cnc(N(C)CC2(O)CCCC2)c(Br)c1. The fourth-order valence-corrected chi connectivity index (χ4v) is 3.28. The Labute approximate surface area is 111 Å². The van der Waals surface area contributed by atoms with Crippen LogP contribution in [0.25, 0.3) is 0 Å². The number of halogens is 1. The number of aryl methyl sites for hydroxylation is 1. The molecule has 0 amide bonds. The normalized spacial score (nSPS) is 18.4. The molecule has 0 aliphatic heterocycles. The molecular weight excluding hydrogens is 280 g/mol. The van der Waals surface area contributed by atoms with Crippen molar-refractivity contribution in [1.82, 2.24) is 4.98 Å². The summed E-state index contributed by atoms with van der Waals surface area (Å²) in [5.74, 6) is 0.899. The first-order valence-corrected chi connectivity index (χ1v) is 6.85. The van der Waals surface area contributed by atoms with Crippen LogP contribution in [0, 0.1) is 6.92 Å². The molecule has 0 unspecified atom stereocenters. The van der Waals surface area contributed by atoms with Gasteiger partial charge in [0, 0.05) is 19.8 Å². The lowest BCUT2D eigenvalue weighted by molar-refractivity contribution is 0.0557. The summed E-state index contributed by atoms with van der Waals surface area (Å²) in [5, 5.41) is 10.4. The molecule has 1 aromatic rings. The number of nitrogens with zero attached hydrogens (tertiary/aromatic N) is 2. The van der Waals surface area contributed by atoms with Crippen LogP contribution >= 0.6 is 15.9 Å². The lowest BCUT2D eigenvalue weighted by Gasteiger charge is -2.29. The number of rotatable bonds is 3. The van der Waals surface area contributed by atoms with Crippen LogP contribution in [0.2, 0.25) is 0 Å². The first kappa shape index (κ1) is 12.8. The summed E-state index contributed by atoms with van der Waals surface area (Å²) in [6.07, 6.45) is 5.93. The van der Waals surface area contributed by atoms with E-state index in [1.807, 2.05) is 25.1 Å². The van der Waals surface area contributed by atoms with Crippen molar-refractivity contribution in [2.45, 2.75) is 38.2 Å². The molecule has 1 heterocycles. The van der Waals surface area contributed by atoms with Crippen molar-refractivity contribution in [3.63, 3.8) is 0 Å². The molecule has 1 aliphatic carbocycles. The molecule has 0 aromatic carbocycles. The molecule has 2 rings (SSSR count). The van der Waals surface area contributed by atoms with E-state index in [-0.39, 0.29) is 0 Å². The van der Waals surface area contributed by atoms with Crippen LogP contribution in [0.5, 0.6) is 0 Å². The standard InChI is InChI=1S/C13H19BrN2O/c1-10-7-11(14)12(15-8-10)16(2)9-13(17)5-3-4-6-13/h7-8,17H,3-6,9H2,1-2H3. The van der Waals surface area contributed by atoms with E-state index in [0.717, 1.165) is 41.5 Å². The monoisotopic (exact) mass is 298 g/mol. The van der Waals surface area contributed by atoms with Gasteiger partial charge in [-0.1, -0.05) is 12.8 Å². The van der Waals surface area contributed by atoms with Crippen molar-refractivity contribution in [3.05, 3.63) is 22.3 Å². The number of aromatic nitrogens is 1. The van der Waals surface area contributed by atoms with Crippen LogP contribution in [0.15, 0.2) is 16.7 Å². The van der Waals surface area contributed by atoms with Crippen LogP contribution < -0.4 is 4.90 Å². The smallest absolute Gasteiger partial charge is 0.142 e. The molecule has 94 valence electrons. The number of pyridine rings is 1. The molecule has 4 heteroatoms. The fourth-order valence-electron chi connectivity index (χ4n) is 2.51. The number of likely N-dealkylation sites (N-methyl/N-ethyl adjacent to an activating group) is 1. The zero-order chi connectivity index (χ0) is 12.5. The van der Waals surface area contributed by atoms with Gasteiger partial charge < -0.3 is 10.0 Å². The zero-order valence-corrected chi connectivity index (χ0v) is 12.0. The summed E-state index contributed by atoms with van der Waals surface area (Å²) in [6.45, 7) is 2.67. The Balaban J connectivity index is 2.11. The summed E-state index contributed by atoms with van der Waals surface area (Å²) in [4.78, 5) is 6.46. The first-order valence-electron chi connectivity index (χ1n) is 6.06. The predicted octanol–water partition coefficient (Wildman–Crippen LogP) is 2.89. The molecule has 0 bridgehead atoms. The highest BCUT2D eigenvalue weighted by Gasteiger charge is 2.32. The van der Waals surface area contributed by atoms with Crippen molar-refractivity contribution in [1.29, 1.82) is 0 Å². The Kier molecular flexibility index (Phi) is 3.73. The van der Waals surface area contributed by atoms with Crippen LogP contribution in [0.4, 0.5) is 5.82 Å². The quantitative estimate of drug-likeness (QED) is 0.932. The van der Waals surface area contributed by atoms with Gasteiger partial charge in [0.25, 0.3) is 0 Å². The molecule has 1 fully saturated rings. The highest BCUT2D eigenvalue weighted by Crippen LogP contribution is 2.32. The van der Waals surface area contributed by atoms with E-state index in [2.05, 4.69) is 27.0 Å². The van der Waals surface area contributed by atoms with Gasteiger partial charge in [-0.2, -0.15) is 0 Å². The molecule has 0 spiro atoms. The molecule has 1 aromatic heterocycles. The van der Waals surface area contributed by atoms with Gasteiger partial charge in [0.15, 0.2) is 0 Å². The average Bonchev–Trinajstić information content (AvgIpc) is 2.64. The van der Waals surface area contributed by atoms with Gasteiger partial charge in [-0.25, -0.2) is 4.98 Å². The maximum absolute atomic E-state index is 10.4. The maximum Gasteiger partial charge on any atom is 0.142 e. The summed E-state index contributed by atoms with van der Waals surface area (Å²) in [5.41, 5.74) is 0.606. The Morgan fingerprint density at radius 1 is 1.47 bits per heavy atom. The highest BCUT2D eigenvalue weighted by atomic mass is 79.9. The molecule has 17 heavy (non-hydrogen) atoms. The van der Waals surface area contributed by atoms with Gasteiger partial charge >= 0.3 is 0 Å². The third kappa shape index (κ3) is 2.99. The van der Waals surface area contributed by atoms with Gasteiger partial charge in [0.2, 0.25) is 0 Å². The maximum atomic E-state index is 10.4. The Morgan fingerprint density at radius 3 is 2.71 bits per heavy atom. The van der Waals surface area contributed by atoms with Gasteiger partial charge in [-0.3, -0.25) is 0 Å². The Hall–Kier alpha value is -0.610. The third-order valence-corrected chi connectivity index (χ3v) is 3.97. The lowest BCUT2D eigenvalue weighted by atomic mass is 10.0. The molecule has 1 aliphatic rings. The molecule has 3 nitrogen and oxygen atoms in total. The van der Waals surface area contributed by atoms with E-state index in [4.69, 9.17) is 0 Å². The van der Waals surface area contributed by atoms with E-state index in [9.17, 15) is 5.11 Å². The molecule has 0 atom stereocenters. The van der Waals surface area contributed by atoms with Crippen LogP contribution in [-0.2, 0) is 0 Å². The highest BCUT2D eigenvalue weighted by molar-refractivity contribution is 9.10. The minimum absolute atomic E-state index is 0.527. The summed E-state index contributed by atoms with van der Waals surface area (Å²) < 4.78 is 0.988. The van der Waals surface area contributed by atoms with Gasteiger partial charge in [-0.15, -0.1) is 0 Å². The van der Waals surface area contributed by atoms with E-state index in [0.29, 0.717) is 6.54 Å². The fraction of sp³-hybridized carbons (Fsp3) is 0.615. The second kappa shape index (κ2) is 4.94. The second-order valence-electron chi connectivity index (χ2n) is 5.11. The Bertz CT molecular complexity index is 402. The van der Waals surface area contributed by atoms with Crippen molar-refractivity contribution < 1.29 is 5.11 Å². The predicted molar refractivity (Wildman–Crippen MR) is 73.4 cm³/mol. The first-order chi connectivity index (χ1) is 8.00. The minimum Gasteiger partial charge on any atom is -0.388 e. The van der Waals surface area contributed by atoms with E-state index >= 15 is 0 Å². The third-order valence-electron chi connectivity index (χ3n) is 3.39. The molecule has 0 saturated heterocycles. The average molecular weight is 299 g/mol. The van der Waals surface area contributed by atoms with Crippen LogP contribution in [-0.4, -0.2) is 29.3 Å². The number of aliphatic hydroxyl groups is 1.